The zero-order chi connectivity index (χ0) is 8.55. The summed E-state index contributed by atoms with van der Waals surface area (Å²) >= 11 is 0. The summed E-state index contributed by atoms with van der Waals surface area (Å²) in [5.41, 5.74) is 6.55. The molecule has 2 rings (SSSR count). The molecule has 64 valence electrons. The van der Waals surface area contributed by atoms with Crippen molar-refractivity contribution in [2.24, 2.45) is 5.73 Å². The molecule has 12 heavy (non-hydrogen) atoms. The molecule has 3 heteroatoms. The molecular weight excluding hydrogens is 154 g/mol. The first-order chi connectivity index (χ1) is 5.79. The van der Waals surface area contributed by atoms with Crippen molar-refractivity contribution in [2.75, 3.05) is 6.61 Å². The topological polar surface area (TPSA) is 55.5 Å². The molecule has 1 atom stereocenters. The molecule has 1 heterocycles. The molecule has 0 aromatic heterocycles. The van der Waals surface area contributed by atoms with E-state index in [4.69, 9.17) is 10.5 Å². The van der Waals surface area contributed by atoms with Crippen molar-refractivity contribution in [3.8, 4) is 11.5 Å². The van der Waals surface area contributed by atoms with Gasteiger partial charge in [0.05, 0.1) is 12.2 Å². The van der Waals surface area contributed by atoms with E-state index in [0.29, 0.717) is 12.4 Å². The molecule has 0 spiro atoms. The van der Waals surface area contributed by atoms with E-state index in [1.807, 2.05) is 6.07 Å². The van der Waals surface area contributed by atoms with Gasteiger partial charge in [-0.2, -0.15) is 0 Å². The van der Waals surface area contributed by atoms with Crippen LogP contribution >= 0.6 is 0 Å². The first kappa shape index (κ1) is 7.43. The Morgan fingerprint density at radius 3 is 3.08 bits per heavy atom. The zero-order valence-corrected chi connectivity index (χ0v) is 6.66. The number of hydrogen-bond donors (Lipinski definition) is 2. The number of phenolic OH excluding ortho intramolecular Hbond substituents is 1. The zero-order valence-electron chi connectivity index (χ0n) is 6.66. The molecule has 1 aromatic carbocycles. The highest BCUT2D eigenvalue weighted by atomic mass is 16.5. The Morgan fingerprint density at radius 2 is 2.33 bits per heavy atom. The Morgan fingerprint density at radius 1 is 1.50 bits per heavy atom. The van der Waals surface area contributed by atoms with Crippen molar-refractivity contribution in [1.29, 1.82) is 0 Å². The van der Waals surface area contributed by atoms with E-state index in [1.165, 1.54) is 0 Å². The predicted molar refractivity (Wildman–Crippen MR) is 45.1 cm³/mol. The summed E-state index contributed by atoms with van der Waals surface area (Å²) < 4.78 is 5.33. The fraction of sp³-hybridized carbons (Fsp3) is 0.333. The summed E-state index contributed by atoms with van der Waals surface area (Å²) in [5, 5.41) is 9.47. The standard InChI is InChI=1S/C9H11NO2/c10-6-4-5-12-8-3-1-2-7(11)9(6)8/h1-3,6,11H,4-5,10H2/t6-/m1/s1. The molecule has 3 N–H and O–H groups in total. The van der Waals surface area contributed by atoms with Crippen molar-refractivity contribution >= 4 is 0 Å². The molecule has 0 aliphatic carbocycles. The summed E-state index contributed by atoms with van der Waals surface area (Å²) in [6.45, 7) is 0.637. The van der Waals surface area contributed by atoms with Crippen LogP contribution in [0.1, 0.15) is 18.0 Å². The van der Waals surface area contributed by atoms with Crippen molar-refractivity contribution in [1.82, 2.24) is 0 Å². The molecule has 0 saturated carbocycles. The summed E-state index contributed by atoms with van der Waals surface area (Å²) in [6, 6.07) is 5.13. The molecule has 0 fully saturated rings. The van der Waals surface area contributed by atoms with E-state index < -0.39 is 0 Å². The van der Waals surface area contributed by atoms with Gasteiger partial charge in [-0.25, -0.2) is 0 Å². The number of nitrogens with two attached hydrogens (primary N) is 1. The molecule has 3 nitrogen and oxygen atoms in total. The van der Waals surface area contributed by atoms with Crippen LogP contribution < -0.4 is 10.5 Å². The van der Waals surface area contributed by atoms with E-state index >= 15 is 0 Å². The van der Waals surface area contributed by atoms with Gasteiger partial charge in [-0.05, 0) is 12.1 Å². The Bertz CT molecular complexity index is 299. The summed E-state index contributed by atoms with van der Waals surface area (Å²) in [5.74, 6) is 0.952. The van der Waals surface area contributed by atoms with Crippen molar-refractivity contribution in [3.63, 3.8) is 0 Å². The maximum Gasteiger partial charge on any atom is 0.127 e. The number of ether oxygens (including phenoxy) is 1. The van der Waals surface area contributed by atoms with Crippen LogP contribution in [-0.4, -0.2) is 11.7 Å². The molecule has 0 amide bonds. The monoisotopic (exact) mass is 165 g/mol. The lowest BCUT2D eigenvalue weighted by molar-refractivity contribution is 0.264. The molecule has 0 saturated heterocycles. The van der Waals surface area contributed by atoms with Gasteiger partial charge >= 0.3 is 0 Å². The van der Waals surface area contributed by atoms with Crippen LogP contribution in [0.3, 0.4) is 0 Å². The van der Waals surface area contributed by atoms with Crippen LogP contribution in [0.25, 0.3) is 0 Å². The number of fused-ring (bicyclic) bond motifs is 1. The van der Waals surface area contributed by atoms with Crippen LogP contribution in [0.15, 0.2) is 18.2 Å². The van der Waals surface area contributed by atoms with E-state index in [-0.39, 0.29) is 11.8 Å². The molecule has 1 aliphatic rings. The summed E-state index contributed by atoms with van der Waals surface area (Å²) in [7, 11) is 0. The van der Waals surface area contributed by atoms with Gasteiger partial charge < -0.3 is 15.6 Å². The Hall–Kier alpha value is -1.22. The van der Waals surface area contributed by atoms with E-state index in [0.717, 1.165) is 12.0 Å². The second kappa shape index (κ2) is 2.68. The molecule has 0 radical (unpaired) electrons. The van der Waals surface area contributed by atoms with Crippen LogP contribution in [0, 0.1) is 0 Å². The largest absolute Gasteiger partial charge is 0.507 e. The van der Waals surface area contributed by atoms with Crippen LogP contribution in [0.2, 0.25) is 0 Å². The molecule has 0 unspecified atom stereocenters. The van der Waals surface area contributed by atoms with Gasteiger partial charge in [0.1, 0.15) is 11.5 Å². The number of aromatic hydroxyl groups is 1. The number of rotatable bonds is 0. The average Bonchev–Trinajstić information content (AvgIpc) is 2.04. The van der Waals surface area contributed by atoms with E-state index in [9.17, 15) is 5.11 Å². The van der Waals surface area contributed by atoms with Crippen molar-refractivity contribution in [2.45, 2.75) is 12.5 Å². The lowest BCUT2D eigenvalue weighted by atomic mass is 10.0. The second-order valence-corrected chi connectivity index (χ2v) is 2.93. The number of hydrogen-bond acceptors (Lipinski definition) is 3. The van der Waals surface area contributed by atoms with Gasteiger partial charge in [-0.3, -0.25) is 0 Å². The summed E-state index contributed by atoms with van der Waals surface area (Å²) in [4.78, 5) is 0. The van der Waals surface area contributed by atoms with E-state index in [1.54, 1.807) is 12.1 Å². The third-order valence-corrected chi connectivity index (χ3v) is 2.10. The first-order valence-electron chi connectivity index (χ1n) is 3.99. The number of benzene rings is 1. The summed E-state index contributed by atoms with van der Waals surface area (Å²) in [6.07, 6.45) is 0.768. The fourth-order valence-corrected chi connectivity index (χ4v) is 1.47. The van der Waals surface area contributed by atoms with Gasteiger partial charge in [-0.15, -0.1) is 0 Å². The normalized spacial score (nSPS) is 21.2. The Kier molecular flexibility index (Phi) is 1.66. The lowest BCUT2D eigenvalue weighted by Crippen LogP contribution is -2.20. The maximum absolute atomic E-state index is 9.47. The molecule has 1 aliphatic heterocycles. The Balaban J connectivity index is 2.53. The van der Waals surface area contributed by atoms with Gasteiger partial charge in [0.25, 0.3) is 0 Å². The predicted octanol–water partition coefficient (Wildman–Crippen LogP) is 1.17. The highest BCUT2D eigenvalue weighted by Crippen LogP contribution is 2.36. The lowest BCUT2D eigenvalue weighted by Gasteiger charge is -2.23. The molecule has 1 aromatic rings. The Labute approximate surface area is 70.8 Å². The smallest absolute Gasteiger partial charge is 0.127 e. The third kappa shape index (κ3) is 1.02. The maximum atomic E-state index is 9.47. The molecular formula is C9H11NO2. The van der Waals surface area contributed by atoms with Gasteiger partial charge in [-0.1, -0.05) is 6.07 Å². The van der Waals surface area contributed by atoms with Crippen molar-refractivity contribution < 1.29 is 9.84 Å². The van der Waals surface area contributed by atoms with Crippen LogP contribution in [0.5, 0.6) is 11.5 Å². The minimum absolute atomic E-state index is 0.0880. The SMILES string of the molecule is N[C@@H]1CCOc2cccc(O)c21. The van der Waals surface area contributed by atoms with Gasteiger partial charge in [0, 0.05) is 12.5 Å². The third-order valence-electron chi connectivity index (χ3n) is 2.10. The second-order valence-electron chi connectivity index (χ2n) is 2.93. The van der Waals surface area contributed by atoms with Crippen molar-refractivity contribution in [3.05, 3.63) is 23.8 Å². The van der Waals surface area contributed by atoms with E-state index in [2.05, 4.69) is 0 Å². The van der Waals surface area contributed by atoms with Gasteiger partial charge in [0.15, 0.2) is 0 Å². The average molecular weight is 165 g/mol. The minimum atomic E-state index is -0.0880. The van der Waals surface area contributed by atoms with Crippen LogP contribution in [-0.2, 0) is 0 Å². The minimum Gasteiger partial charge on any atom is -0.507 e. The fourth-order valence-electron chi connectivity index (χ4n) is 1.47. The number of phenols is 1. The van der Waals surface area contributed by atoms with Crippen LogP contribution in [0.4, 0.5) is 0 Å². The first-order valence-corrected chi connectivity index (χ1v) is 3.99. The molecule has 0 bridgehead atoms. The van der Waals surface area contributed by atoms with Gasteiger partial charge in [0.2, 0.25) is 0 Å². The quantitative estimate of drug-likeness (QED) is 0.606. The highest BCUT2D eigenvalue weighted by molar-refractivity contribution is 5.46. The highest BCUT2D eigenvalue weighted by Gasteiger charge is 2.20.